The zero-order valence-corrected chi connectivity index (χ0v) is 13.6. The van der Waals surface area contributed by atoms with Gasteiger partial charge >= 0.3 is 0 Å². The molecule has 0 aliphatic rings. The van der Waals surface area contributed by atoms with E-state index >= 15 is 0 Å². The van der Waals surface area contributed by atoms with Crippen molar-refractivity contribution >= 4 is 0 Å². The van der Waals surface area contributed by atoms with Crippen molar-refractivity contribution in [2.75, 3.05) is 0 Å². The molecule has 0 amide bonds. The summed E-state index contributed by atoms with van der Waals surface area (Å²) in [5.41, 5.74) is 3.02. The number of tetrazole rings is 1. The Balaban J connectivity index is 1.70. The predicted octanol–water partition coefficient (Wildman–Crippen LogP) is 3.03. The van der Waals surface area contributed by atoms with Crippen LogP contribution in [0.3, 0.4) is 0 Å². The number of aromatic amines is 1. The summed E-state index contributed by atoms with van der Waals surface area (Å²) in [6.45, 7) is 2.53. The zero-order valence-electron chi connectivity index (χ0n) is 13.6. The van der Waals surface area contributed by atoms with E-state index in [0.29, 0.717) is 24.6 Å². The van der Waals surface area contributed by atoms with Gasteiger partial charge in [-0.05, 0) is 29.7 Å². The summed E-state index contributed by atoms with van der Waals surface area (Å²) in [7, 11) is 0. The normalized spacial score (nSPS) is 10.7. The Bertz CT molecular complexity index is 787. The molecule has 0 saturated carbocycles. The van der Waals surface area contributed by atoms with Gasteiger partial charge in [-0.25, -0.2) is 0 Å². The maximum atomic E-state index is 10.0. The molecule has 6 nitrogen and oxygen atoms in total. The molecule has 0 atom stereocenters. The summed E-state index contributed by atoms with van der Waals surface area (Å²) in [5, 5.41) is 24.0. The molecule has 1 aromatic heterocycles. The van der Waals surface area contributed by atoms with E-state index in [0.717, 1.165) is 35.3 Å². The van der Waals surface area contributed by atoms with E-state index in [1.165, 1.54) is 0 Å². The Morgan fingerprint density at radius 2 is 1.96 bits per heavy atom. The fourth-order valence-corrected chi connectivity index (χ4v) is 2.62. The molecule has 0 aliphatic carbocycles. The molecule has 0 spiro atoms. The minimum atomic E-state index is 0.292. The van der Waals surface area contributed by atoms with E-state index in [-0.39, 0.29) is 0 Å². The van der Waals surface area contributed by atoms with Gasteiger partial charge in [0.05, 0.1) is 0 Å². The molecule has 0 fully saturated rings. The monoisotopic (exact) mass is 324 g/mol. The van der Waals surface area contributed by atoms with Gasteiger partial charge in [-0.3, -0.25) is 0 Å². The van der Waals surface area contributed by atoms with Crippen molar-refractivity contribution in [1.82, 2.24) is 20.6 Å². The number of rotatable bonds is 7. The first-order valence-electron chi connectivity index (χ1n) is 8.00. The molecule has 3 rings (SSSR count). The van der Waals surface area contributed by atoms with Crippen LogP contribution in [0.15, 0.2) is 42.5 Å². The van der Waals surface area contributed by atoms with E-state index in [9.17, 15) is 5.11 Å². The van der Waals surface area contributed by atoms with Crippen molar-refractivity contribution in [2.45, 2.75) is 32.8 Å². The summed E-state index contributed by atoms with van der Waals surface area (Å²) in [6.07, 6.45) is 2.37. The number of nitrogens with zero attached hydrogens (tertiary/aromatic N) is 3. The summed E-state index contributed by atoms with van der Waals surface area (Å²) < 4.78 is 5.94. The van der Waals surface area contributed by atoms with Crippen molar-refractivity contribution in [2.24, 2.45) is 0 Å². The second-order valence-electron chi connectivity index (χ2n) is 5.62. The number of ether oxygens (including phenoxy) is 1. The second-order valence-corrected chi connectivity index (χ2v) is 5.62. The zero-order chi connectivity index (χ0) is 16.8. The van der Waals surface area contributed by atoms with Crippen LogP contribution in [0.2, 0.25) is 0 Å². The number of H-pyrrole nitrogens is 1. The number of aromatic hydroxyl groups is 1. The third-order valence-corrected chi connectivity index (χ3v) is 3.75. The van der Waals surface area contributed by atoms with Crippen LogP contribution in [-0.4, -0.2) is 25.7 Å². The molecule has 0 unspecified atom stereocenters. The lowest BCUT2D eigenvalue weighted by Gasteiger charge is -2.13. The number of hydrogen-bond acceptors (Lipinski definition) is 5. The van der Waals surface area contributed by atoms with Crippen molar-refractivity contribution in [1.29, 1.82) is 0 Å². The second kappa shape index (κ2) is 7.59. The topological polar surface area (TPSA) is 83.9 Å². The van der Waals surface area contributed by atoms with E-state index < -0.39 is 0 Å². The van der Waals surface area contributed by atoms with Crippen LogP contribution >= 0.6 is 0 Å². The predicted molar refractivity (Wildman–Crippen MR) is 89.9 cm³/mol. The van der Waals surface area contributed by atoms with Gasteiger partial charge in [-0.15, -0.1) is 10.2 Å². The third kappa shape index (κ3) is 3.90. The lowest BCUT2D eigenvalue weighted by molar-refractivity contribution is 0.300. The third-order valence-electron chi connectivity index (χ3n) is 3.75. The van der Waals surface area contributed by atoms with Crippen LogP contribution in [0.4, 0.5) is 0 Å². The molecule has 2 N–H and O–H groups in total. The lowest BCUT2D eigenvalue weighted by Crippen LogP contribution is -2.00. The Morgan fingerprint density at radius 3 is 2.75 bits per heavy atom. The van der Waals surface area contributed by atoms with Crippen LogP contribution in [0.25, 0.3) is 0 Å². The lowest BCUT2D eigenvalue weighted by atomic mass is 10.1. The van der Waals surface area contributed by atoms with Gasteiger partial charge in [0.15, 0.2) is 5.82 Å². The Labute approximate surface area is 140 Å². The van der Waals surface area contributed by atoms with Gasteiger partial charge in [0.2, 0.25) is 0 Å². The van der Waals surface area contributed by atoms with Crippen LogP contribution in [0.5, 0.6) is 11.5 Å². The van der Waals surface area contributed by atoms with E-state index in [1.54, 1.807) is 12.1 Å². The highest BCUT2D eigenvalue weighted by atomic mass is 16.5. The number of hydrogen-bond donors (Lipinski definition) is 2. The SMILES string of the molecule is CCCc1c(O)cccc1OCc1cccc(Cc2nn[nH]n2)c1. The fraction of sp³-hybridized carbons (Fsp3) is 0.278. The molecule has 2 aromatic carbocycles. The molecule has 0 bridgehead atoms. The van der Waals surface area contributed by atoms with E-state index in [2.05, 4.69) is 33.6 Å². The molecule has 0 aliphatic heterocycles. The van der Waals surface area contributed by atoms with Gasteiger partial charge < -0.3 is 9.84 Å². The van der Waals surface area contributed by atoms with Gasteiger partial charge in [-0.2, -0.15) is 5.21 Å². The molecule has 0 saturated heterocycles. The highest BCUT2D eigenvalue weighted by Crippen LogP contribution is 2.29. The first kappa shape index (κ1) is 16.0. The molecule has 6 heteroatoms. The van der Waals surface area contributed by atoms with E-state index in [1.807, 2.05) is 24.3 Å². The first-order chi connectivity index (χ1) is 11.8. The van der Waals surface area contributed by atoms with Crippen molar-refractivity contribution in [3.63, 3.8) is 0 Å². The number of phenolic OH excluding ortho intramolecular Hbond substituents is 1. The minimum Gasteiger partial charge on any atom is -0.508 e. The maximum Gasteiger partial charge on any atom is 0.178 e. The van der Waals surface area contributed by atoms with Gasteiger partial charge in [0.25, 0.3) is 0 Å². The molecule has 0 radical (unpaired) electrons. The number of aromatic nitrogens is 4. The van der Waals surface area contributed by atoms with Crippen molar-refractivity contribution in [3.05, 3.63) is 65.0 Å². The van der Waals surface area contributed by atoms with Crippen molar-refractivity contribution in [3.8, 4) is 11.5 Å². The molecule has 1 heterocycles. The van der Waals surface area contributed by atoms with Gasteiger partial charge in [0.1, 0.15) is 18.1 Å². The summed E-state index contributed by atoms with van der Waals surface area (Å²) in [4.78, 5) is 0. The Hall–Kier alpha value is -2.89. The van der Waals surface area contributed by atoms with Crippen molar-refractivity contribution < 1.29 is 9.84 Å². The summed E-state index contributed by atoms with van der Waals surface area (Å²) >= 11 is 0. The number of benzene rings is 2. The molecule has 24 heavy (non-hydrogen) atoms. The Morgan fingerprint density at radius 1 is 1.12 bits per heavy atom. The molecule has 124 valence electrons. The minimum absolute atomic E-state index is 0.292. The van der Waals surface area contributed by atoms with Crippen LogP contribution in [-0.2, 0) is 19.4 Å². The van der Waals surface area contributed by atoms with Gasteiger partial charge in [-0.1, -0.05) is 48.9 Å². The fourth-order valence-electron chi connectivity index (χ4n) is 2.62. The average molecular weight is 324 g/mol. The first-order valence-corrected chi connectivity index (χ1v) is 8.00. The average Bonchev–Trinajstić information content (AvgIpc) is 3.09. The molecular formula is C18H20N4O2. The highest BCUT2D eigenvalue weighted by molar-refractivity contribution is 5.44. The van der Waals surface area contributed by atoms with Crippen LogP contribution in [0.1, 0.15) is 35.9 Å². The highest BCUT2D eigenvalue weighted by Gasteiger charge is 2.09. The smallest absolute Gasteiger partial charge is 0.178 e. The quantitative estimate of drug-likeness (QED) is 0.698. The number of nitrogens with one attached hydrogen (secondary N) is 1. The van der Waals surface area contributed by atoms with E-state index in [4.69, 9.17) is 4.74 Å². The van der Waals surface area contributed by atoms with Crippen LogP contribution < -0.4 is 4.74 Å². The Kier molecular flexibility index (Phi) is 5.05. The maximum absolute atomic E-state index is 10.0. The largest absolute Gasteiger partial charge is 0.508 e. The summed E-state index contributed by atoms with van der Waals surface area (Å²) in [6, 6.07) is 13.5. The standard InChI is InChI=1S/C18H20N4O2/c1-2-5-15-16(23)8-4-9-17(15)24-12-14-7-3-6-13(10-14)11-18-19-21-22-20-18/h3-4,6-10,23H,2,5,11-12H2,1H3,(H,19,20,21,22). The molecule has 3 aromatic rings. The molecular weight excluding hydrogens is 304 g/mol. The summed E-state index contributed by atoms with van der Waals surface area (Å²) in [5.74, 6) is 1.69. The van der Waals surface area contributed by atoms with Gasteiger partial charge in [0, 0.05) is 12.0 Å². The number of phenols is 1. The van der Waals surface area contributed by atoms with Crippen LogP contribution in [0, 0.1) is 0 Å².